The highest BCUT2D eigenvalue weighted by Gasteiger charge is 2.29. The van der Waals surface area contributed by atoms with Crippen LogP contribution in [0.15, 0.2) is 46.0 Å². The first-order chi connectivity index (χ1) is 10.3. The number of benzene rings is 1. The van der Waals surface area contributed by atoms with E-state index in [1.807, 2.05) is 0 Å². The van der Waals surface area contributed by atoms with Gasteiger partial charge in [-0.3, -0.25) is 4.98 Å². The van der Waals surface area contributed by atoms with E-state index in [0.717, 1.165) is 6.20 Å². The summed E-state index contributed by atoms with van der Waals surface area (Å²) < 4.78 is 56.6. The highest BCUT2D eigenvalue weighted by atomic mass is 79.9. The first-order valence-corrected chi connectivity index (χ1v) is 7.60. The molecule has 0 saturated heterocycles. The number of rotatable bonds is 4. The predicted molar refractivity (Wildman–Crippen MR) is 79.1 cm³/mol. The van der Waals surface area contributed by atoms with E-state index in [0.29, 0.717) is 10.0 Å². The molecule has 1 atom stereocenters. The number of halogens is 5. The summed E-state index contributed by atoms with van der Waals surface area (Å²) in [4.78, 5) is 3.76. The molecule has 118 valence electrons. The van der Waals surface area contributed by atoms with Crippen LogP contribution in [0.1, 0.15) is 17.2 Å². The summed E-state index contributed by atoms with van der Waals surface area (Å²) in [6, 6.07) is 5.61. The number of hydrogen-bond acceptors (Lipinski definition) is 3. The average Bonchev–Trinajstić information content (AvgIpc) is 2.42. The van der Waals surface area contributed by atoms with Gasteiger partial charge in [0.05, 0.1) is 6.20 Å². The standard InChI is InChI=1S/C14H10BrF4NOS/c1-21-13(12-10(15)6-20-7-11(12)16)8-2-4-9(5-3-8)22-14(17,18)19/h2-7,13H,1H3. The second kappa shape index (κ2) is 6.97. The van der Waals surface area contributed by atoms with Crippen LogP contribution in [0.25, 0.3) is 0 Å². The van der Waals surface area contributed by atoms with E-state index in [2.05, 4.69) is 20.9 Å². The number of aromatic nitrogens is 1. The molecule has 0 aliphatic rings. The summed E-state index contributed by atoms with van der Waals surface area (Å²) in [5, 5.41) is 0. The van der Waals surface area contributed by atoms with Gasteiger partial charge in [-0.05, 0) is 45.4 Å². The molecule has 0 saturated carbocycles. The van der Waals surface area contributed by atoms with Gasteiger partial charge in [-0.15, -0.1) is 0 Å². The van der Waals surface area contributed by atoms with E-state index in [1.165, 1.54) is 37.6 Å². The molecule has 0 N–H and O–H groups in total. The molecule has 1 aromatic heterocycles. The Morgan fingerprint density at radius 1 is 1.18 bits per heavy atom. The highest BCUT2D eigenvalue weighted by Crippen LogP contribution is 2.38. The Kier molecular flexibility index (Phi) is 5.46. The van der Waals surface area contributed by atoms with Gasteiger partial charge >= 0.3 is 5.51 Å². The molecule has 0 bridgehead atoms. The quantitative estimate of drug-likeness (QED) is 0.515. The van der Waals surface area contributed by atoms with Crippen molar-refractivity contribution in [1.82, 2.24) is 4.98 Å². The summed E-state index contributed by atoms with van der Waals surface area (Å²) in [5.74, 6) is -0.560. The molecular formula is C14H10BrF4NOS. The molecule has 22 heavy (non-hydrogen) atoms. The third kappa shape index (κ3) is 4.21. The summed E-state index contributed by atoms with van der Waals surface area (Å²) in [7, 11) is 1.40. The molecule has 2 aromatic rings. The Balaban J connectivity index is 2.32. The van der Waals surface area contributed by atoms with E-state index in [-0.39, 0.29) is 22.2 Å². The van der Waals surface area contributed by atoms with Crippen molar-refractivity contribution in [2.75, 3.05) is 7.11 Å². The van der Waals surface area contributed by atoms with Gasteiger partial charge in [0, 0.05) is 28.2 Å². The molecule has 1 unspecified atom stereocenters. The maximum Gasteiger partial charge on any atom is 0.446 e. The minimum atomic E-state index is -4.34. The van der Waals surface area contributed by atoms with Crippen molar-refractivity contribution < 1.29 is 22.3 Å². The van der Waals surface area contributed by atoms with Crippen LogP contribution in [0.3, 0.4) is 0 Å². The molecule has 0 radical (unpaired) electrons. The first-order valence-electron chi connectivity index (χ1n) is 5.99. The number of hydrogen-bond donors (Lipinski definition) is 0. The molecular weight excluding hydrogens is 386 g/mol. The van der Waals surface area contributed by atoms with Gasteiger partial charge in [-0.1, -0.05) is 12.1 Å². The van der Waals surface area contributed by atoms with Crippen LogP contribution in [-0.4, -0.2) is 17.6 Å². The van der Waals surface area contributed by atoms with Crippen molar-refractivity contribution in [3.63, 3.8) is 0 Å². The lowest BCUT2D eigenvalue weighted by molar-refractivity contribution is -0.0328. The fourth-order valence-corrected chi connectivity index (χ4v) is 2.99. The Labute approximate surface area is 137 Å². The van der Waals surface area contributed by atoms with E-state index in [4.69, 9.17) is 4.74 Å². The highest BCUT2D eigenvalue weighted by molar-refractivity contribution is 9.10. The fraction of sp³-hybridized carbons (Fsp3) is 0.214. The lowest BCUT2D eigenvalue weighted by atomic mass is 10.0. The van der Waals surface area contributed by atoms with Crippen LogP contribution in [0.5, 0.6) is 0 Å². The second-order valence-corrected chi connectivity index (χ2v) is 6.24. The lowest BCUT2D eigenvalue weighted by Crippen LogP contribution is -2.07. The molecule has 1 heterocycles. The van der Waals surface area contributed by atoms with Crippen LogP contribution >= 0.6 is 27.7 Å². The third-order valence-electron chi connectivity index (χ3n) is 2.80. The summed E-state index contributed by atoms with van der Waals surface area (Å²) in [6.45, 7) is 0. The lowest BCUT2D eigenvalue weighted by Gasteiger charge is -2.18. The largest absolute Gasteiger partial charge is 0.446 e. The smallest absolute Gasteiger partial charge is 0.372 e. The Morgan fingerprint density at radius 2 is 1.82 bits per heavy atom. The number of thioether (sulfide) groups is 1. The minimum Gasteiger partial charge on any atom is -0.372 e. The molecule has 0 spiro atoms. The van der Waals surface area contributed by atoms with E-state index in [9.17, 15) is 17.6 Å². The van der Waals surface area contributed by atoms with Gasteiger partial charge in [0.2, 0.25) is 0 Å². The second-order valence-electron chi connectivity index (χ2n) is 4.25. The number of pyridine rings is 1. The SMILES string of the molecule is COC(c1ccc(SC(F)(F)F)cc1)c1c(F)cncc1Br. The van der Waals surface area contributed by atoms with Crippen LogP contribution < -0.4 is 0 Å². The summed E-state index contributed by atoms with van der Waals surface area (Å²) in [6.07, 6.45) is 1.74. The zero-order valence-corrected chi connectivity index (χ0v) is 13.6. The van der Waals surface area contributed by atoms with Gasteiger partial charge in [-0.2, -0.15) is 13.2 Å². The first kappa shape index (κ1) is 17.2. The van der Waals surface area contributed by atoms with Crippen molar-refractivity contribution in [2.24, 2.45) is 0 Å². The van der Waals surface area contributed by atoms with Crippen LogP contribution in [0, 0.1) is 5.82 Å². The monoisotopic (exact) mass is 395 g/mol. The number of alkyl halides is 3. The Hall–Kier alpha value is -1.12. The maximum absolute atomic E-state index is 13.9. The minimum absolute atomic E-state index is 0.0559. The zero-order chi connectivity index (χ0) is 16.3. The van der Waals surface area contributed by atoms with Crippen molar-refractivity contribution >= 4 is 27.7 Å². The van der Waals surface area contributed by atoms with E-state index >= 15 is 0 Å². The summed E-state index contributed by atoms with van der Waals surface area (Å²) in [5.41, 5.74) is -3.56. The van der Waals surface area contributed by atoms with Crippen molar-refractivity contribution in [3.05, 3.63) is 58.1 Å². The Bertz CT molecular complexity index is 628. The van der Waals surface area contributed by atoms with Crippen molar-refractivity contribution in [3.8, 4) is 0 Å². The predicted octanol–water partition coefficient (Wildman–Crippen LogP) is 5.33. The van der Waals surface area contributed by atoms with Crippen LogP contribution in [-0.2, 0) is 4.74 Å². The molecule has 0 amide bonds. The molecule has 0 aliphatic carbocycles. The number of nitrogens with zero attached hydrogens (tertiary/aromatic N) is 1. The topological polar surface area (TPSA) is 22.1 Å². The van der Waals surface area contributed by atoms with Gasteiger partial charge in [0.25, 0.3) is 0 Å². The number of ether oxygens (including phenoxy) is 1. The molecule has 0 fully saturated rings. The normalized spacial score (nSPS) is 13.2. The summed E-state index contributed by atoms with van der Waals surface area (Å²) >= 11 is 3.00. The van der Waals surface area contributed by atoms with Crippen LogP contribution in [0.4, 0.5) is 17.6 Å². The molecule has 1 aromatic carbocycles. The molecule has 8 heteroatoms. The van der Waals surface area contributed by atoms with E-state index < -0.39 is 17.4 Å². The third-order valence-corrected chi connectivity index (χ3v) is 4.18. The molecule has 2 rings (SSSR count). The molecule has 2 nitrogen and oxygen atoms in total. The van der Waals surface area contributed by atoms with E-state index in [1.54, 1.807) is 0 Å². The van der Waals surface area contributed by atoms with Gasteiger partial charge in [0.1, 0.15) is 11.9 Å². The Morgan fingerprint density at radius 3 is 2.32 bits per heavy atom. The van der Waals surface area contributed by atoms with Crippen molar-refractivity contribution in [1.29, 1.82) is 0 Å². The molecule has 0 aliphatic heterocycles. The average molecular weight is 396 g/mol. The van der Waals surface area contributed by atoms with Crippen molar-refractivity contribution in [2.45, 2.75) is 16.5 Å². The zero-order valence-electron chi connectivity index (χ0n) is 11.2. The number of methoxy groups -OCH3 is 1. The van der Waals surface area contributed by atoms with Gasteiger partial charge < -0.3 is 4.74 Å². The van der Waals surface area contributed by atoms with Gasteiger partial charge in [0.15, 0.2) is 0 Å². The fourth-order valence-electron chi connectivity index (χ4n) is 1.94. The van der Waals surface area contributed by atoms with Crippen LogP contribution in [0.2, 0.25) is 0 Å². The van der Waals surface area contributed by atoms with Gasteiger partial charge in [-0.25, -0.2) is 4.39 Å². The maximum atomic E-state index is 13.9.